The van der Waals surface area contributed by atoms with Crippen molar-refractivity contribution >= 4 is 47.8 Å². The van der Waals surface area contributed by atoms with Crippen LogP contribution in [0.3, 0.4) is 0 Å². The molecule has 1 aliphatic heterocycles. The summed E-state index contributed by atoms with van der Waals surface area (Å²) in [7, 11) is 0. The molecule has 1 saturated heterocycles. The topological polar surface area (TPSA) is 60.8 Å². The van der Waals surface area contributed by atoms with E-state index in [0.717, 1.165) is 102 Å². The fraction of sp³-hybridized carbons (Fsp3) is 0.357. The molecule has 0 spiro atoms. The molecule has 3 aliphatic rings. The van der Waals surface area contributed by atoms with Gasteiger partial charge in [-0.1, -0.05) is 200 Å². The molecule has 2 saturated carbocycles. The van der Waals surface area contributed by atoms with Crippen LogP contribution in [0.5, 0.6) is 0 Å². The molecule has 4 aromatic heterocycles. The average Bonchev–Trinajstić information content (AvgIpc) is 4.13. The summed E-state index contributed by atoms with van der Waals surface area (Å²) < 4.78 is 4.94. The minimum Gasteiger partial charge on any atom is -0.381 e. The van der Waals surface area contributed by atoms with Crippen LogP contribution in [0.25, 0.3) is 45.0 Å². The third-order valence-corrected chi connectivity index (χ3v) is 18.3. The number of halogens is 3. The number of rotatable bonds is 16. The molecule has 8 aromatic rings. The molecule has 0 atom stereocenters. The van der Waals surface area contributed by atoms with Gasteiger partial charge in [0.2, 0.25) is 0 Å². The second-order valence-electron chi connectivity index (χ2n) is 21.7. The molecule has 5 heterocycles. The van der Waals surface area contributed by atoms with Crippen molar-refractivity contribution in [3.05, 3.63) is 224 Å². The van der Waals surface area contributed by atoms with Crippen molar-refractivity contribution < 1.29 is 23.6 Å². The summed E-state index contributed by atoms with van der Waals surface area (Å²) in [5.41, 5.74) is 13.8. The van der Waals surface area contributed by atoms with Gasteiger partial charge in [-0.15, -0.1) is 0 Å². The van der Waals surface area contributed by atoms with E-state index in [1.807, 2.05) is 42.5 Å². The molecule has 3 fully saturated rings. The van der Waals surface area contributed by atoms with Crippen molar-refractivity contribution in [2.45, 2.75) is 89.9 Å². The first-order chi connectivity index (χ1) is 38.4. The number of ether oxygens (including phenoxy) is 1. The number of nitrogens with zero attached hydrogens (tertiary/aromatic N) is 4. The van der Waals surface area contributed by atoms with Crippen LogP contribution < -0.4 is 18.9 Å². The third kappa shape index (κ3) is 21.0. The molecule has 9 heteroatoms. The standard InChI is InChI=1S/C45H45N3.C12H10N.C9H15Br3.C4H8O.Li/c1-4-10-40(11-5-1)43-25-22-34(31-46-43)16-19-37-28-38(20-17-35-23-26-44(47-32-35)41-12-6-2-7-13-41)30-39(29-37)21-18-36-24-27-45(48-33-36)42-14-8-3-9-15-42;1-10-7-8-12(13-9-10)11-5-3-2-4-6-11;10-4-7-1-8(5-11)3-9(2-7)6-12;1-2-4-5-3-1;/h1-15,22-27,31-33,37-39H,16-21,28-30H2;2-9H,1H2;7-9H,1-6H2;1-4H2;/q;-1;;;+1. The first-order valence-corrected chi connectivity index (χ1v) is 31.9. The van der Waals surface area contributed by atoms with Gasteiger partial charge in [-0.25, -0.2) is 0 Å². The third-order valence-electron chi connectivity index (χ3n) is 15.6. The average molecular weight is 1240 g/mol. The molecule has 0 unspecified atom stereocenters. The summed E-state index contributed by atoms with van der Waals surface area (Å²) >= 11 is 10.8. The monoisotopic (exact) mass is 1230 g/mol. The number of hydrogen-bond acceptors (Lipinski definition) is 5. The zero-order valence-corrected chi connectivity index (χ0v) is 51.2. The molecule has 5 nitrogen and oxygen atoms in total. The Bertz CT molecular complexity index is 2600. The van der Waals surface area contributed by atoms with E-state index in [0.29, 0.717) is 0 Å². The van der Waals surface area contributed by atoms with E-state index in [-0.39, 0.29) is 18.9 Å². The van der Waals surface area contributed by atoms with Gasteiger partial charge in [-0.2, -0.15) is 18.6 Å². The van der Waals surface area contributed by atoms with E-state index < -0.39 is 0 Å². The minimum absolute atomic E-state index is 0. The maximum atomic E-state index is 4.94. The van der Waals surface area contributed by atoms with Crippen molar-refractivity contribution in [2.75, 3.05) is 29.2 Å². The van der Waals surface area contributed by atoms with E-state index in [1.54, 1.807) is 6.20 Å². The van der Waals surface area contributed by atoms with E-state index in [2.05, 4.69) is 206 Å². The van der Waals surface area contributed by atoms with Crippen molar-refractivity contribution in [1.82, 2.24) is 19.9 Å². The molecular formula is C70H78Br3LiN4O. The van der Waals surface area contributed by atoms with E-state index in [9.17, 15) is 0 Å². The Labute approximate surface area is 510 Å². The predicted molar refractivity (Wildman–Crippen MR) is 338 cm³/mol. The number of aryl methyl sites for hydroxylation is 3. The van der Waals surface area contributed by atoms with Gasteiger partial charge in [0.05, 0.1) is 17.1 Å². The normalized spacial score (nSPS) is 19.4. The van der Waals surface area contributed by atoms with Gasteiger partial charge in [-0.05, 0) is 166 Å². The molecular weight excluding hydrogens is 1160 g/mol. The van der Waals surface area contributed by atoms with Crippen LogP contribution in [0.15, 0.2) is 195 Å². The molecule has 406 valence electrons. The van der Waals surface area contributed by atoms with Gasteiger partial charge in [0.1, 0.15) is 0 Å². The predicted octanol–water partition coefficient (Wildman–Crippen LogP) is 16.0. The van der Waals surface area contributed by atoms with Crippen LogP contribution in [-0.4, -0.2) is 49.1 Å². The van der Waals surface area contributed by atoms with Crippen LogP contribution in [0.1, 0.15) is 92.9 Å². The Hall–Kier alpha value is -4.65. The zero-order valence-electron chi connectivity index (χ0n) is 46.4. The largest absolute Gasteiger partial charge is 1.00 e. The van der Waals surface area contributed by atoms with Gasteiger partial charge >= 0.3 is 18.9 Å². The Kier molecular flexibility index (Phi) is 27.1. The number of benzene rings is 4. The summed E-state index contributed by atoms with van der Waals surface area (Å²) in [6, 6.07) is 58.9. The van der Waals surface area contributed by atoms with E-state index in [4.69, 9.17) is 19.7 Å². The molecule has 79 heavy (non-hydrogen) atoms. The molecule has 0 radical (unpaired) electrons. The van der Waals surface area contributed by atoms with Crippen LogP contribution in [-0.2, 0) is 24.0 Å². The Morgan fingerprint density at radius 3 is 0.861 bits per heavy atom. The first-order valence-electron chi connectivity index (χ1n) is 28.5. The second kappa shape index (κ2) is 34.6. The van der Waals surface area contributed by atoms with Crippen molar-refractivity contribution in [2.24, 2.45) is 35.5 Å². The summed E-state index contributed by atoms with van der Waals surface area (Å²) in [6.45, 7) is 5.79. The Balaban J connectivity index is 0.000000234. The molecule has 0 bridgehead atoms. The van der Waals surface area contributed by atoms with Gasteiger partial charge in [0.15, 0.2) is 0 Å². The van der Waals surface area contributed by atoms with Gasteiger partial charge in [0.25, 0.3) is 0 Å². The van der Waals surface area contributed by atoms with Crippen LogP contribution in [0.2, 0.25) is 0 Å². The maximum absolute atomic E-state index is 4.94. The van der Waals surface area contributed by atoms with Crippen molar-refractivity contribution in [3.63, 3.8) is 0 Å². The first kappa shape index (κ1) is 62.0. The van der Waals surface area contributed by atoms with Crippen LogP contribution in [0.4, 0.5) is 0 Å². The van der Waals surface area contributed by atoms with E-state index >= 15 is 0 Å². The van der Waals surface area contributed by atoms with Gasteiger partial charge < -0.3 is 9.72 Å². The van der Waals surface area contributed by atoms with Gasteiger partial charge in [0, 0.05) is 70.2 Å². The SMILES string of the molecule is BrCC1CC(CBr)CC(CBr)C1.C1CCOC1.[CH2-]c1ccc(-c2ccccc2)nc1.[Li+].c1ccc(-c2ccc(CCC3CC(CCc4ccc(-c5ccccc5)nc4)CC(CCc4ccc(-c5ccccc5)nc4)C3)cn2)cc1. The fourth-order valence-corrected chi connectivity index (χ4v) is 13.0. The summed E-state index contributed by atoms with van der Waals surface area (Å²) in [5, 5.41) is 3.54. The van der Waals surface area contributed by atoms with Crippen molar-refractivity contribution in [1.29, 1.82) is 0 Å². The summed E-state index contributed by atoms with van der Waals surface area (Å²) in [5.74, 6) is 4.97. The maximum Gasteiger partial charge on any atom is 1.00 e. The Morgan fingerprint density at radius 2 is 0.633 bits per heavy atom. The molecule has 4 aromatic carbocycles. The molecule has 0 amide bonds. The van der Waals surface area contributed by atoms with Gasteiger partial charge in [-0.3, -0.25) is 15.0 Å². The molecule has 0 N–H and O–H groups in total. The fourth-order valence-electron chi connectivity index (χ4n) is 11.4. The van der Waals surface area contributed by atoms with Crippen molar-refractivity contribution in [3.8, 4) is 45.0 Å². The van der Waals surface area contributed by atoms with E-state index in [1.165, 1.54) is 120 Å². The molecule has 2 aliphatic carbocycles. The smallest absolute Gasteiger partial charge is 0.381 e. The van der Waals surface area contributed by atoms with Crippen LogP contribution >= 0.6 is 47.8 Å². The molecule has 11 rings (SSSR count). The number of aromatic nitrogens is 4. The summed E-state index contributed by atoms with van der Waals surface area (Å²) in [6.07, 6.45) is 25.8. The zero-order chi connectivity index (χ0) is 54.0. The number of alkyl halides is 3. The number of hydrogen-bond donors (Lipinski definition) is 0. The second-order valence-corrected chi connectivity index (χ2v) is 23.6. The number of pyridine rings is 4. The van der Waals surface area contributed by atoms with Crippen LogP contribution in [0, 0.1) is 42.4 Å². The minimum atomic E-state index is 0. The quantitative estimate of drug-likeness (QED) is 0.0548. The Morgan fingerprint density at radius 1 is 0.354 bits per heavy atom. The summed E-state index contributed by atoms with van der Waals surface area (Å²) in [4.78, 5) is 18.7.